The summed E-state index contributed by atoms with van der Waals surface area (Å²) < 4.78 is 52.8. The smallest absolute Gasteiger partial charge is 0.388 e. The highest BCUT2D eigenvalue weighted by molar-refractivity contribution is 7.61. The second-order valence-electron chi connectivity index (χ2n) is 11.0. The highest BCUT2D eigenvalue weighted by atomic mass is 31.3. The molecule has 12 N–H and O–H groups in total. The maximum Gasteiger partial charge on any atom is 0.481 e. The first-order valence-electron chi connectivity index (χ1n) is 14.2. The van der Waals surface area contributed by atoms with E-state index in [0.29, 0.717) is 11.2 Å². The van der Waals surface area contributed by atoms with Gasteiger partial charge in [-0.3, -0.25) is 19.6 Å². The van der Waals surface area contributed by atoms with Gasteiger partial charge >= 0.3 is 15.6 Å². The average molecular weight is 722 g/mol. The molecule has 0 spiro atoms. The summed E-state index contributed by atoms with van der Waals surface area (Å²) in [6.07, 6.45) is -6.77. The molecule has 3 aromatic heterocycles. The molecule has 2 fully saturated rings. The summed E-state index contributed by atoms with van der Waals surface area (Å²) >= 11 is 0. The van der Waals surface area contributed by atoms with Gasteiger partial charge in [0.2, 0.25) is 0 Å². The SMILES string of the molecule is NC(=O)c1ccc(N)[n+](C[C@@H]2O[C@H](COP(=O)(O)OP(=O)(O)OC[C@H]3O[C@@H](CCn4cnc5c(N)ncnc54)C(O)[C@H]3O)C(O)[C@@H]2O)c1. The largest absolute Gasteiger partial charge is 0.481 e. The van der Waals surface area contributed by atoms with Gasteiger partial charge in [0.25, 0.3) is 11.7 Å². The van der Waals surface area contributed by atoms with E-state index in [0.717, 1.165) is 0 Å². The molecule has 264 valence electrons. The Hall–Kier alpha value is -3.21. The van der Waals surface area contributed by atoms with Crippen LogP contribution in [-0.4, -0.2) is 118 Å². The summed E-state index contributed by atoms with van der Waals surface area (Å²) in [4.78, 5) is 43.7. The molecular formula is C24H35N8O14P2+. The van der Waals surface area contributed by atoms with Crippen LogP contribution in [0.1, 0.15) is 16.8 Å². The Morgan fingerprint density at radius 1 is 0.896 bits per heavy atom. The Morgan fingerprint density at radius 2 is 1.48 bits per heavy atom. The summed E-state index contributed by atoms with van der Waals surface area (Å²) in [5.74, 6) is -0.388. The Labute approximate surface area is 270 Å². The highest BCUT2D eigenvalue weighted by Gasteiger charge is 2.47. The molecule has 2 aliphatic rings. The molecule has 5 rings (SSSR count). The van der Waals surface area contributed by atoms with Crippen LogP contribution in [0.4, 0.5) is 11.6 Å². The Balaban J connectivity index is 1.10. The molecule has 3 aromatic rings. The van der Waals surface area contributed by atoms with E-state index in [4.69, 9.17) is 35.7 Å². The first-order chi connectivity index (χ1) is 22.5. The minimum atomic E-state index is -5.36. The number of carbonyl (C=O) groups excluding carboxylic acids is 1. The molecule has 0 aliphatic carbocycles. The molecule has 10 atom stereocenters. The minimum absolute atomic E-state index is 0.109. The van der Waals surface area contributed by atoms with Crippen molar-refractivity contribution in [1.82, 2.24) is 19.5 Å². The predicted molar refractivity (Wildman–Crippen MR) is 158 cm³/mol. The van der Waals surface area contributed by atoms with Crippen molar-refractivity contribution in [2.75, 3.05) is 24.7 Å². The number of aliphatic hydroxyl groups is 4. The molecule has 0 aromatic carbocycles. The summed E-state index contributed by atoms with van der Waals surface area (Å²) in [7, 11) is -10.7. The molecule has 5 heterocycles. The van der Waals surface area contributed by atoms with Gasteiger partial charge in [-0.25, -0.2) is 28.6 Å². The number of anilines is 2. The van der Waals surface area contributed by atoms with Gasteiger partial charge in [0.15, 0.2) is 11.5 Å². The van der Waals surface area contributed by atoms with Crippen molar-refractivity contribution < 1.29 is 71.5 Å². The molecule has 4 unspecified atom stereocenters. The molecule has 48 heavy (non-hydrogen) atoms. The lowest BCUT2D eigenvalue weighted by Crippen LogP contribution is -2.47. The van der Waals surface area contributed by atoms with E-state index in [2.05, 4.69) is 19.3 Å². The average Bonchev–Trinajstić information content (AvgIpc) is 3.65. The normalized spacial score (nSPS) is 30.0. The number of aromatic nitrogens is 5. The monoisotopic (exact) mass is 721 g/mol. The zero-order chi connectivity index (χ0) is 35.0. The van der Waals surface area contributed by atoms with Crippen LogP contribution >= 0.6 is 15.6 Å². The van der Waals surface area contributed by atoms with E-state index in [-0.39, 0.29) is 36.7 Å². The predicted octanol–water partition coefficient (Wildman–Crippen LogP) is -3.30. The summed E-state index contributed by atoms with van der Waals surface area (Å²) in [5.41, 5.74) is 17.9. The van der Waals surface area contributed by atoms with Crippen molar-refractivity contribution >= 4 is 44.4 Å². The molecule has 1 amide bonds. The van der Waals surface area contributed by atoms with Crippen molar-refractivity contribution in [3.8, 4) is 0 Å². The number of hydrogen-bond donors (Lipinski definition) is 9. The van der Waals surface area contributed by atoms with Gasteiger partial charge < -0.3 is 55.7 Å². The van der Waals surface area contributed by atoms with E-state index in [1.807, 2.05) is 0 Å². The number of aryl methyl sites for hydroxylation is 1. The third-order valence-corrected chi connectivity index (χ3v) is 10.3. The van der Waals surface area contributed by atoms with Crippen LogP contribution in [0.2, 0.25) is 0 Å². The van der Waals surface area contributed by atoms with Gasteiger partial charge in [0, 0.05) is 12.6 Å². The summed E-state index contributed by atoms with van der Waals surface area (Å²) in [6.45, 7) is -1.65. The van der Waals surface area contributed by atoms with Crippen LogP contribution in [0.15, 0.2) is 31.0 Å². The molecule has 2 aliphatic heterocycles. The standard InChI is InChI=1S/C24H34N8O14P2/c25-16-2-1-11(23(27)37)5-32(16)6-13-19(34)21(36)15(45-13)8-43-48(40,41)46-47(38,39)42-7-14-20(35)18(33)12(44-14)3-4-31-10-30-17-22(26)28-9-29-24(17)31/h1-2,5,9-10,12-15,18-21,25,33-36H,3-4,6-8H2,(H6,26,27,28,29,37,38,39,40,41)/p+1/t12-,13-,14+,15+,18?,19+,20-,21?/m0/s1. The van der Waals surface area contributed by atoms with E-state index < -0.39 is 83.6 Å². The maximum atomic E-state index is 12.5. The number of nitrogen functional groups attached to an aromatic ring is 2. The van der Waals surface area contributed by atoms with Crippen molar-refractivity contribution in [3.63, 3.8) is 0 Å². The van der Waals surface area contributed by atoms with Crippen molar-refractivity contribution in [1.29, 1.82) is 0 Å². The Kier molecular flexibility index (Phi) is 10.8. The van der Waals surface area contributed by atoms with Crippen molar-refractivity contribution in [3.05, 3.63) is 36.5 Å². The molecular weight excluding hydrogens is 686 g/mol. The number of phosphoric acid groups is 2. The fraction of sp³-hybridized carbons (Fsp3) is 0.542. The Bertz CT molecular complexity index is 1730. The first-order valence-corrected chi connectivity index (χ1v) is 17.2. The number of aliphatic hydroxyl groups excluding tert-OH is 4. The van der Waals surface area contributed by atoms with Crippen LogP contribution in [-0.2, 0) is 45.1 Å². The number of nitrogens with two attached hydrogens (primary N) is 3. The number of rotatable bonds is 14. The zero-order valence-electron chi connectivity index (χ0n) is 24.9. The quantitative estimate of drug-likeness (QED) is 0.0581. The number of ether oxygens (including phenoxy) is 2. The summed E-state index contributed by atoms with van der Waals surface area (Å²) in [6, 6.07) is 2.78. The zero-order valence-corrected chi connectivity index (χ0v) is 26.6. The summed E-state index contributed by atoms with van der Waals surface area (Å²) in [5, 5.41) is 41.7. The molecule has 22 nitrogen and oxygen atoms in total. The second kappa shape index (κ2) is 14.3. The van der Waals surface area contributed by atoms with E-state index in [9.17, 15) is 44.1 Å². The van der Waals surface area contributed by atoms with Crippen LogP contribution < -0.4 is 21.8 Å². The number of imidazole rings is 1. The van der Waals surface area contributed by atoms with Gasteiger partial charge in [-0.2, -0.15) is 4.31 Å². The number of carbonyl (C=O) groups is 1. The fourth-order valence-corrected chi connectivity index (χ4v) is 7.30. The molecule has 2 saturated heterocycles. The topological polar surface area (TPSA) is 344 Å². The van der Waals surface area contributed by atoms with E-state index >= 15 is 0 Å². The number of amides is 1. The number of fused-ring (bicyclic) bond motifs is 1. The lowest BCUT2D eigenvalue weighted by Gasteiger charge is -2.20. The van der Waals surface area contributed by atoms with Gasteiger partial charge in [0.1, 0.15) is 67.3 Å². The number of primary amides is 1. The molecule has 0 radical (unpaired) electrons. The number of pyridine rings is 1. The van der Waals surface area contributed by atoms with Crippen LogP contribution in [0.25, 0.3) is 11.2 Å². The van der Waals surface area contributed by atoms with E-state index in [1.54, 1.807) is 4.57 Å². The van der Waals surface area contributed by atoms with Gasteiger partial charge in [-0.05, 0) is 12.5 Å². The highest BCUT2D eigenvalue weighted by Crippen LogP contribution is 2.60. The minimum Gasteiger partial charge on any atom is -0.388 e. The molecule has 24 heteroatoms. The first kappa shape index (κ1) is 36.1. The lowest BCUT2D eigenvalue weighted by atomic mass is 10.1. The van der Waals surface area contributed by atoms with Crippen LogP contribution in [0.3, 0.4) is 0 Å². The Morgan fingerprint density at radius 3 is 2.10 bits per heavy atom. The third-order valence-electron chi connectivity index (χ3n) is 7.74. The second-order valence-corrected chi connectivity index (χ2v) is 14.1. The number of nitrogens with zero attached hydrogens (tertiary/aromatic N) is 5. The molecule has 0 saturated carbocycles. The van der Waals surface area contributed by atoms with Crippen LogP contribution in [0.5, 0.6) is 0 Å². The van der Waals surface area contributed by atoms with E-state index in [1.165, 1.54) is 35.6 Å². The third kappa shape index (κ3) is 8.14. The maximum absolute atomic E-state index is 12.5. The van der Waals surface area contributed by atoms with Gasteiger partial charge in [-0.1, -0.05) is 0 Å². The van der Waals surface area contributed by atoms with Gasteiger partial charge in [-0.15, -0.1) is 0 Å². The number of phosphoric ester groups is 2. The van der Waals surface area contributed by atoms with Crippen molar-refractivity contribution in [2.45, 2.75) is 68.3 Å². The van der Waals surface area contributed by atoms with Crippen molar-refractivity contribution in [2.24, 2.45) is 5.73 Å². The van der Waals surface area contributed by atoms with Crippen LogP contribution in [0, 0.1) is 0 Å². The lowest BCUT2D eigenvalue weighted by molar-refractivity contribution is -0.690. The van der Waals surface area contributed by atoms with Gasteiger partial charge in [0.05, 0.1) is 31.2 Å². The molecule has 0 bridgehead atoms. The fourth-order valence-electron chi connectivity index (χ4n) is 5.21. The number of hydrogen-bond acceptors (Lipinski definition) is 17.